The molecule has 1 unspecified atom stereocenters. The van der Waals surface area contributed by atoms with Crippen LogP contribution in [0.5, 0.6) is 0 Å². The zero-order valence-electron chi connectivity index (χ0n) is 32.6. The molecule has 1 saturated carbocycles. The van der Waals surface area contributed by atoms with Gasteiger partial charge >= 0.3 is 17.9 Å². The second-order valence-electron chi connectivity index (χ2n) is 14.4. The maximum absolute atomic E-state index is 13.2. The van der Waals surface area contributed by atoms with Crippen LogP contribution >= 0.6 is 0 Å². The molecule has 0 aromatic heterocycles. The molecular formula is C40H60N6O9. The first-order chi connectivity index (χ1) is 26.3. The van der Waals surface area contributed by atoms with Crippen LogP contribution < -0.4 is 10.6 Å². The summed E-state index contributed by atoms with van der Waals surface area (Å²) in [5.41, 5.74) is 0.982. The predicted octanol–water partition coefficient (Wildman–Crippen LogP) is 1.88. The van der Waals surface area contributed by atoms with E-state index >= 15 is 0 Å². The van der Waals surface area contributed by atoms with Crippen LogP contribution in [0.3, 0.4) is 0 Å². The minimum atomic E-state index is -1.02. The smallest absolute Gasteiger partial charge is 0.317 e. The van der Waals surface area contributed by atoms with Crippen molar-refractivity contribution >= 4 is 46.3 Å². The molecule has 2 aliphatic rings. The number of aliphatic carboxylic acids is 3. The minimum Gasteiger partial charge on any atom is -0.480 e. The van der Waals surface area contributed by atoms with Crippen molar-refractivity contribution in [1.29, 1.82) is 0 Å². The lowest BCUT2D eigenvalue weighted by Gasteiger charge is -2.33. The van der Waals surface area contributed by atoms with Gasteiger partial charge in [0, 0.05) is 64.8 Å². The topological polar surface area (TPSA) is 200 Å². The molecule has 1 atom stereocenters. The average molecular weight is 769 g/mol. The molecule has 0 radical (unpaired) electrons. The zero-order valence-corrected chi connectivity index (χ0v) is 32.6. The Morgan fingerprint density at radius 3 is 1.56 bits per heavy atom. The molecule has 0 bridgehead atoms. The van der Waals surface area contributed by atoms with E-state index < -0.39 is 23.9 Å². The van der Waals surface area contributed by atoms with Crippen molar-refractivity contribution in [2.75, 3.05) is 85.1 Å². The Balaban J connectivity index is 0.00000399. The van der Waals surface area contributed by atoms with E-state index in [0.717, 1.165) is 29.2 Å². The number of nitrogens with one attached hydrogen (secondary N) is 2. The Morgan fingerprint density at radius 2 is 1.11 bits per heavy atom. The maximum Gasteiger partial charge on any atom is 0.317 e. The molecule has 1 aliphatic carbocycles. The summed E-state index contributed by atoms with van der Waals surface area (Å²) in [6.45, 7) is 7.90. The Morgan fingerprint density at radius 1 is 0.655 bits per heavy atom. The van der Waals surface area contributed by atoms with Gasteiger partial charge in [-0.15, -0.1) is 0 Å². The zero-order chi connectivity index (χ0) is 40.3. The van der Waals surface area contributed by atoms with Crippen molar-refractivity contribution in [1.82, 2.24) is 30.2 Å². The normalized spacial score (nSPS) is 20.1. The van der Waals surface area contributed by atoms with Crippen LogP contribution in [0.4, 0.5) is 0 Å². The number of rotatable bonds is 15. The van der Waals surface area contributed by atoms with Gasteiger partial charge in [-0.25, -0.2) is 0 Å². The molecule has 1 saturated heterocycles. The number of nitrogens with zero attached hydrogens (tertiary/aromatic N) is 4. The third-order valence-electron chi connectivity index (χ3n) is 10.2. The summed E-state index contributed by atoms with van der Waals surface area (Å²) in [5.74, 6) is -3.45. The van der Waals surface area contributed by atoms with Gasteiger partial charge in [0.15, 0.2) is 5.78 Å². The van der Waals surface area contributed by atoms with Gasteiger partial charge in [0.2, 0.25) is 11.8 Å². The predicted molar refractivity (Wildman–Crippen MR) is 209 cm³/mol. The number of fused-ring (bicyclic) bond motifs is 1. The number of hydrogen-bond acceptors (Lipinski definition) is 10. The van der Waals surface area contributed by atoms with Crippen molar-refractivity contribution < 1.29 is 44.1 Å². The van der Waals surface area contributed by atoms with E-state index in [1.165, 1.54) is 6.92 Å². The summed E-state index contributed by atoms with van der Waals surface area (Å²) in [7, 11) is 0. The molecule has 2 fully saturated rings. The van der Waals surface area contributed by atoms with Crippen LogP contribution in [0.1, 0.15) is 52.0 Å². The van der Waals surface area contributed by atoms with Gasteiger partial charge in [0.05, 0.1) is 32.2 Å². The number of amides is 2. The van der Waals surface area contributed by atoms with Crippen molar-refractivity contribution in [3.63, 3.8) is 0 Å². The monoisotopic (exact) mass is 768 g/mol. The van der Waals surface area contributed by atoms with Crippen molar-refractivity contribution in [3.05, 3.63) is 48.0 Å². The summed E-state index contributed by atoms with van der Waals surface area (Å²) >= 11 is 0. The van der Waals surface area contributed by atoms with Crippen LogP contribution in [0.2, 0.25) is 0 Å². The molecular weight excluding hydrogens is 708 g/mol. The number of carbonyl (C=O) groups is 6. The quantitative estimate of drug-likeness (QED) is 0.176. The second kappa shape index (κ2) is 23.5. The molecule has 15 nitrogen and oxygen atoms in total. The molecule has 2 aromatic carbocycles. The minimum absolute atomic E-state index is 0.0500. The first-order valence-electron chi connectivity index (χ1n) is 19.4. The van der Waals surface area contributed by atoms with E-state index in [2.05, 4.69) is 16.7 Å². The fourth-order valence-electron chi connectivity index (χ4n) is 7.12. The van der Waals surface area contributed by atoms with Crippen LogP contribution in [0.15, 0.2) is 42.5 Å². The Kier molecular flexibility index (Phi) is 19.2. The van der Waals surface area contributed by atoms with Gasteiger partial charge < -0.3 is 26.0 Å². The lowest BCUT2D eigenvalue weighted by atomic mass is 9.81. The lowest BCUT2D eigenvalue weighted by molar-refractivity contribution is -0.140. The third kappa shape index (κ3) is 16.4. The van der Waals surface area contributed by atoms with E-state index in [9.17, 15) is 44.1 Å². The highest BCUT2D eigenvalue weighted by Crippen LogP contribution is 2.29. The first-order valence-corrected chi connectivity index (χ1v) is 19.4. The standard InChI is InChI=1S/C38H54N6O9.C2H6/c1-27(45)33(21-29-8-9-30-4-2-3-5-32(30)20-29)40-38(53)31-10-6-28(7-11-31)22-39-34(46)23-41-12-14-42(24-35(47)48)16-18-44(26-37(51)52)19-17-43(15-13-41)25-36(49)50;1-2/h2-5,8-9,20,28,31,33H,6-7,10-19,21-26H2,1H3,(H,39,46)(H,40,53)(H,47,48)(H,49,50)(H,51,52);1-2H3. The van der Waals surface area contributed by atoms with Gasteiger partial charge in [-0.05, 0) is 61.3 Å². The SMILES string of the molecule is CC.CC(=O)C(Cc1ccc2ccccc2c1)NC(=O)C1CCC(CNC(=O)CN2CCN(CC(=O)O)CCN(CC(=O)O)CCN(CC(=O)O)CC2)CC1. The van der Waals surface area contributed by atoms with Gasteiger partial charge in [0.25, 0.3) is 0 Å². The Bertz CT molecular complexity index is 1550. The summed E-state index contributed by atoms with van der Waals surface area (Å²) in [6.07, 6.45) is 3.24. The van der Waals surface area contributed by atoms with Gasteiger partial charge in [-0.1, -0.05) is 56.3 Å². The highest BCUT2D eigenvalue weighted by molar-refractivity contribution is 5.89. The Labute approximate surface area is 324 Å². The summed E-state index contributed by atoms with van der Waals surface area (Å²) in [4.78, 5) is 80.4. The first kappa shape index (κ1) is 45.0. The highest BCUT2D eigenvalue weighted by atomic mass is 16.4. The van der Waals surface area contributed by atoms with Crippen LogP contribution in [-0.4, -0.2) is 162 Å². The second-order valence-corrected chi connectivity index (χ2v) is 14.4. The van der Waals surface area contributed by atoms with Crippen molar-refractivity contribution in [3.8, 4) is 0 Å². The Hall–Kier alpha value is -4.44. The number of carboxylic acid groups (broad SMARTS) is 3. The molecule has 15 heteroatoms. The van der Waals surface area contributed by atoms with Gasteiger partial charge in [-0.2, -0.15) is 0 Å². The molecule has 4 rings (SSSR count). The summed E-state index contributed by atoms with van der Waals surface area (Å²) < 4.78 is 0. The van der Waals surface area contributed by atoms with Crippen molar-refractivity contribution in [2.45, 2.75) is 58.9 Å². The maximum atomic E-state index is 13.2. The van der Waals surface area contributed by atoms with Gasteiger partial charge in [-0.3, -0.25) is 48.4 Å². The molecule has 2 amide bonds. The molecule has 304 valence electrons. The molecule has 1 heterocycles. The number of Topliss-reactive ketones (excluding diaryl/α,β-unsaturated/α-hetero) is 1. The average Bonchev–Trinajstić information content (AvgIpc) is 3.15. The van der Waals surface area contributed by atoms with Crippen LogP contribution in [0, 0.1) is 11.8 Å². The van der Waals surface area contributed by atoms with E-state index in [-0.39, 0.29) is 55.6 Å². The van der Waals surface area contributed by atoms with Crippen LogP contribution in [-0.2, 0) is 35.2 Å². The van der Waals surface area contributed by atoms with E-state index in [1.54, 1.807) is 14.7 Å². The largest absolute Gasteiger partial charge is 0.480 e. The van der Waals surface area contributed by atoms with Crippen LogP contribution in [0.25, 0.3) is 10.8 Å². The molecule has 55 heavy (non-hydrogen) atoms. The third-order valence-corrected chi connectivity index (χ3v) is 10.2. The fraction of sp³-hybridized carbons (Fsp3) is 0.600. The number of carbonyl (C=O) groups excluding carboxylic acids is 3. The summed E-state index contributed by atoms with van der Waals surface area (Å²) in [6, 6.07) is 13.5. The van der Waals surface area contributed by atoms with Crippen molar-refractivity contribution in [2.24, 2.45) is 11.8 Å². The van der Waals surface area contributed by atoms with E-state index in [4.69, 9.17) is 0 Å². The molecule has 1 aliphatic heterocycles. The van der Waals surface area contributed by atoms with E-state index in [1.807, 2.05) is 55.1 Å². The number of ketones is 1. The summed E-state index contributed by atoms with van der Waals surface area (Å²) in [5, 5.41) is 36.5. The fourth-order valence-corrected chi connectivity index (χ4v) is 7.12. The molecule has 2 aromatic rings. The van der Waals surface area contributed by atoms with E-state index in [0.29, 0.717) is 78.2 Å². The highest BCUT2D eigenvalue weighted by Gasteiger charge is 2.29. The van der Waals surface area contributed by atoms with Gasteiger partial charge in [0.1, 0.15) is 0 Å². The lowest BCUT2D eigenvalue weighted by Crippen LogP contribution is -2.50. The number of hydrogen-bond donors (Lipinski definition) is 5. The molecule has 5 N–H and O–H groups in total. The number of carboxylic acids is 3. The number of benzene rings is 2. The molecule has 0 spiro atoms.